The van der Waals surface area contributed by atoms with Crippen LogP contribution in [0.15, 0.2) is 128 Å². The summed E-state index contributed by atoms with van der Waals surface area (Å²) in [5, 5.41) is 2.32. The van der Waals surface area contributed by atoms with Gasteiger partial charge in [-0.05, 0) is 76.6 Å². The molecule has 3 aromatic heterocycles. The topological polar surface area (TPSA) is 39.1 Å². The van der Waals surface area contributed by atoms with Gasteiger partial charge < -0.3 is 9.64 Å². The first-order chi connectivity index (χ1) is 24.8. The van der Waals surface area contributed by atoms with Crippen molar-refractivity contribution in [2.24, 2.45) is 0 Å². The predicted molar refractivity (Wildman–Crippen MR) is 214 cm³/mol. The summed E-state index contributed by atoms with van der Waals surface area (Å²) >= 11 is 0. The molecule has 0 atom stereocenters. The maximum atomic E-state index is 6.63. The molecule has 260 valence electrons. The molecule has 0 unspecified atom stereocenters. The van der Waals surface area contributed by atoms with E-state index in [1.165, 1.54) is 16.5 Å². The third-order valence-electron chi connectivity index (χ3n) is 9.90. The fourth-order valence-corrected chi connectivity index (χ4v) is 6.94. The van der Waals surface area contributed by atoms with Gasteiger partial charge in [0.2, 0.25) is 0 Å². The molecular formula is C46H45N5O. The lowest BCUT2D eigenvalue weighted by atomic mass is 9.80. The normalized spacial score (nSPS) is 12.2. The van der Waals surface area contributed by atoms with Gasteiger partial charge in [-0.1, -0.05) is 96.1 Å². The van der Waals surface area contributed by atoms with Gasteiger partial charge in [-0.2, -0.15) is 0 Å². The highest BCUT2D eigenvalue weighted by Gasteiger charge is 2.22. The molecule has 6 heteroatoms. The van der Waals surface area contributed by atoms with Crippen molar-refractivity contribution in [2.75, 3.05) is 19.0 Å². The highest BCUT2D eigenvalue weighted by Crippen LogP contribution is 2.36. The smallest absolute Gasteiger partial charge is 0.269 e. The molecule has 3 heterocycles. The molecule has 0 saturated carbocycles. The van der Waals surface area contributed by atoms with E-state index in [2.05, 4.69) is 170 Å². The minimum absolute atomic E-state index is 0.00472. The average molecular weight is 684 g/mol. The van der Waals surface area contributed by atoms with Crippen molar-refractivity contribution in [2.45, 2.75) is 52.4 Å². The van der Waals surface area contributed by atoms with E-state index in [1.54, 1.807) is 0 Å². The molecule has 8 aromatic rings. The minimum atomic E-state index is 0.00472. The number of pyridine rings is 1. The van der Waals surface area contributed by atoms with Crippen LogP contribution in [0, 0.1) is 6.33 Å². The number of para-hydroxylation sites is 3. The van der Waals surface area contributed by atoms with E-state index in [1.807, 2.05) is 38.5 Å². The van der Waals surface area contributed by atoms with Crippen LogP contribution in [0.5, 0.6) is 11.5 Å². The second kappa shape index (κ2) is 12.4. The van der Waals surface area contributed by atoms with Gasteiger partial charge in [0.25, 0.3) is 6.33 Å². The average Bonchev–Trinajstić information content (AvgIpc) is 3.67. The Labute approximate surface area is 306 Å². The van der Waals surface area contributed by atoms with Gasteiger partial charge in [0.15, 0.2) is 0 Å². The van der Waals surface area contributed by atoms with Gasteiger partial charge >= 0.3 is 0 Å². The SMILES string of the molecule is CN(C)c1ccnc(-n2c3ccccc3c3ccc(Oc4cccc(-n5[c-][n+](-c6cc(C(C)(C)C)cc(C(C)(C)C)c6)c6ccccc65)c4)cc32)c1. The number of ether oxygens (including phenoxy) is 1. The van der Waals surface area contributed by atoms with Crippen LogP contribution in [-0.4, -0.2) is 28.2 Å². The highest BCUT2D eigenvalue weighted by molar-refractivity contribution is 6.09. The number of fused-ring (bicyclic) bond motifs is 4. The minimum Gasteiger partial charge on any atom is -0.458 e. The van der Waals surface area contributed by atoms with E-state index in [0.29, 0.717) is 0 Å². The zero-order valence-electron chi connectivity index (χ0n) is 31.3. The Kier molecular flexibility index (Phi) is 7.94. The lowest BCUT2D eigenvalue weighted by Gasteiger charge is -2.26. The summed E-state index contributed by atoms with van der Waals surface area (Å²) in [6.07, 6.45) is 5.58. The Morgan fingerprint density at radius 2 is 1.31 bits per heavy atom. The van der Waals surface area contributed by atoms with Crippen molar-refractivity contribution in [3.8, 4) is 28.7 Å². The van der Waals surface area contributed by atoms with Gasteiger partial charge in [0.05, 0.1) is 33.4 Å². The molecule has 52 heavy (non-hydrogen) atoms. The zero-order chi connectivity index (χ0) is 36.4. The summed E-state index contributed by atoms with van der Waals surface area (Å²) < 4.78 is 13.2. The van der Waals surface area contributed by atoms with Crippen LogP contribution < -0.4 is 14.2 Å². The van der Waals surface area contributed by atoms with E-state index in [0.717, 1.165) is 61.8 Å². The molecule has 6 nitrogen and oxygen atoms in total. The molecule has 0 N–H and O–H groups in total. The van der Waals surface area contributed by atoms with Gasteiger partial charge in [-0.25, -0.2) is 4.98 Å². The Balaban J connectivity index is 1.21. The van der Waals surface area contributed by atoms with E-state index in [4.69, 9.17) is 9.72 Å². The molecular weight excluding hydrogens is 639 g/mol. The number of anilines is 1. The second-order valence-corrected chi connectivity index (χ2v) is 15.9. The lowest BCUT2D eigenvalue weighted by Crippen LogP contribution is -2.31. The van der Waals surface area contributed by atoms with Crippen LogP contribution in [0.3, 0.4) is 0 Å². The number of imidazole rings is 1. The molecule has 8 rings (SSSR count). The largest absolute Gasteiger partial charge is 0.458 e. The van der Waals surface area contributed by atoms with Gasteiger partial charge in [-0.3, -0.25) is 13.7 Å². The molecule has 0 aliphatic carbocycles. The third kappa shape index (κ3) is 5.98. The maximum absolute atomic E-state index is 6.63. The lowest BCUT2D eigenvalue weighted by molar-refractivity contribution is -0.572. The molecule has 0 aliphatic heterocycles. The van der Waals surface area contributed by atoms with Gasteiger partial charge in [-0.15, -0.1) is 0 Å². The molecule has 0 spiro atoms. The van der Waals surface area contributed by atoms with E-state index in [9.17, 15) is 0 Å². The van der Waals surface area contributed by atoms with E-state index in [-0.39, 0.29) is 10.8 Å². The van der Waals surface area contributed by atoms with E-state index >= 15 is 0 Å². The summed E-state index contributed by atoms with van der Waals surface area (Å²) in [6, 6.07) is 42.7. The molecule has 0 amide bonds. The van der Waals surface area contributed by atoms with Crippen LogP contribution in [0.25, 0.3) is 50.0 Å². The van der Waals surface area contributed by atoms with E-state index < -0.39 is 0 Å². The molecule has 5 aromatic carbocycles. The molecule has 0 aliphatic rings. The molecule has 0 bridgehead atoms. The number of rotatable bonds is 6. The number of benzene rings is 5. The number of aromatic nitrogens is 4. The summed E-state index contributed by atoms with van der Waals surface area (Å²) in [4.78, 5) is 6.89. The van der Waals surface area contributed by atoms with Crippen molar-refractivity contribution >= 4 is 38.5 Å². The fraction of sp³-hybridized carbons (Fsp3) is 0.217. The van der Waals surface area contributed by atoms with Crippen molar-refractivity contribution < 1.29 is 9.30 Å². The summed E-state index contributed by atoms with van der Waals surface area (Å²) in [5.41, 5.74) is 10.1. The molecule has 0 radical (unpaired) electrons. The fourth-order valence-electron chi connectivity index (χ4n) is 6.94. The Bertz CT molecular complexity index is 2580. The van der Waals surface area contributed by atoms with Crippen LogP contribution in [0.2, 0.25) is 0 Å². The Morgan fingerprint density at radius 1 is 0.635 bits per heavy atom. The summed E-state index contributed by atoms with van der Waals surface area (Å²) in [7, 11) is 4.10. The van der Waals surface area contributed by atoms with Crippen molar-refractivity contribution in [1.82, 2.24) is 14.1 Å². The van der Waals surface area contributed by atoms with Crippen LogP contribution in [0.4, 0.5) is 5.69 Å². The summed E-state index contributed by atoms with van der Waals surface area (Å²) in [6.45, 7) is 13.7. The maximum Gasteiger partial charge on any atom is 0.269 e. The van der Waals surface area contributed by atoms with Crippen LogP contribution >= 0.6 is 0 Å². The van der Waals surface area contributed by atoms with Gasteiger partial charge in [0.1, 0.15) is 17.3 Å². The highest BCUT2D eigenvalue weighted by atomic mass is 16.5. The molecule has 0 saturated heterocycles. The Morgan fingerprint density at radius 3 is 2.04 bits per heavy atom. The van der Waals surface area contributed by atoms with Gasteiger partial charge in [0, 0.05) is 48.9 Å². The standard InChI is InChI=1S/C46H45N5O/c1-45(2,3)31-24-32(46(4,5)6)26-35(25-31)50-30-49(41-18-11-12-19-42(41)50)34-14-13-15-36(27-34)52-37-20-21-39-38-16-9-10-17-40(38)51(43(39)29-37)44-28-33(48(7)8)22-23-47-44/h9-29H,1-8H3. The van der Waals surface area contributed by atoms with Crippen molar-refractivity contribution in [1.29, 1.82) is 0 Å². The first kappa shape index (κ1) is 33.3. The molecule has 0 fully saturated rings. The Hall–Kier alpha value is -5.88. The van der Waals surface area contributed by atoms with Crippen molar-refractivity contribution in [3.63, 3.8) is 0 Å². The first-order valence-corrected chi connectivity index (χ1v) is 17.9. The summed E-state index contributed by atoms with van der Waals surface area (Å²) in [5.74, 6) is 2.36. The third-order valence-corrected chi connectivity index (χ3v) is 9.90. The van der Waals surface area contributed by atoms with Crippen LogP contribution in [0.1, 0.15) is 52.7 Å². The van der Waals surface area contributed by atoms with Crippen molar-refractivity contribution in [3.05, 3.63) is 145 Å². The quantitative estimate of drug-likeness (QED) is 0.129. The monoisotopic (exact) mass is 683 g/mol. The number of nitrogens with zero attached hydrogens (tertiary/aromatic N) is 5. The first-order valence-electron chi connectivity index (χ1n) is 17.9. The number of hydrogen-bond acceptors (Lipinski definition) is 3. The second-order valence-electron chi connectivity index (χ2n) is 15.9. The predicted octanol–water partition coefficient (Wildman–Crippen LogP) is 10.7. The number of hydrogen-bond donors (Lipinski definition) is 0. The van der Waals surface area contributed by atoms with Crippen LogP contribution in [-0.2, 0) is 10.8 Å². The zero-order valence-corrected chi connectivity index (χ0v) is 31.3.